The number of hydrogen-bond acceptors (Lipinski definition) is 3. The summed E-state index contributed by atoms with van der Waals surface area (Å²) in [7, 11) is -3.67. The van der Waals surface area contributed by atoms with E-state index in [0.29, 0.717) is 5.31 Å². The van der Waals surface area contributed by atoms with Gasteiger partial charge in [-0.1, -0.05) is 91.0 Å². The van der Waals surface area contributed by atoms with Crippen molar-refractivity contribution < 1.29 is 13.6 Å². The van der Waals surface area contributed by atoms with Gasteiger partial charge in [0.05, 0.1) is 17.5 Å². The van der Waals surface area contributed by atoms with E-state index in [1.807, 2.05) is 119 Å². The molecule has 0 saturated carbocycles. The molecule has 0 saturated heterocycles. The number of rotatable bonds is 8. The molecule has 0 atom stereocenters. The quantitative estimate of drug-likeness (QED) is 0.277. The van der Waals surface area contributed by atoms with Gasteiger partial charge < -0.3 is 9.05 Å². The molecule has 0 spiro atoms. The first kappa shape index (κ1) is 22.2. The summed E-state index contributed by atoms with van der Waals surface area (Å²) in [6.07, 6.45) is -0.526. The largest absolute Gasteiger partial charge is 0.363 e. The van der Waals surface area contributed by atoms with Crippen molar-refractivity contribution in [3.63, 3.8) is 0 Å². The van der Waals surface area contributed by atoms with Gasteiger partial charge in [-0.3, -0.25) is 4.57 Å². The Hall–Kier alpha value is -2.45. The Bertz CT molecular complexity index is 954. The molecular formula is C26H29O3P. The molecule has 0 unspecified atom stereocenters. The molecule has 4 heteroatoms. The van der Waals surface area contributed by atoms with Crippen LogP contribution in [-0.4, -0.2) is 12.2 Å². The third kappa shape index (κ3) is 5.37. The van der Waals surface area contributed by atoms with Crippen LogP contribution in [0.2, 0.25) is 0 Å². The molecule has 0 aliphatic heterocycles. The van der Waals surface area contributed by atoms with Crippen LogP contribution >= 0.6 is 7.60 Å². The van der Waals surface area contributed by atoms with Crippen LogP contribution in [0.5, 0.6) is 0 Å². The zero-order chi connectivity index (χ0) is 21.6. The van der Waals surface area contributed by atoms with Crippen molar-refractivity contribution in [1.82, 2.24) is 0 Å². The van der Waals surface area contributed by atoms with E-state index in [2.05, 4.69) is 0 Å². The molecule has 30 heavy (non-hydrogen) atoms. The second kappa shape index (κ2) is 10.0. The molecule has 3 aromatic rings. The summed E-state index contributed by atoms with van der Waals surface area (Å²) in [6.45, 7) is 7.51. The lowest BCUT2D eigenvalue weighted by Crippen LogP contribution is -2.10. The normalized spacial score (nSPS) is 11.7. The maximum atomic E-state index is 14.4. The van der Waals surface area contributed by atoms with E-state index in [1.165, 1.54) is 0 Å². The van der Waals surface area contributed by atoms with Crippen LogP contribution in [0.1, 0.15) is 44.4 Å². The minimum absolute atomic E-state index is 0.263. The SMILES string of the molecule is CC(C)OP(=O)(OC(C)C)C(=C(c1ccccc1)c1ccccc1)c1ccccc1. The highest BCUT2D eigenvalue weighted by atomic mass is 31.2. The highest BCUT2D eigenvalue weighted by molar-refractivity contribution is 7.65. The van der Waals surface area contributed by atoms with Crippen LogP contribution < -0.4 is 0 Å². The average Bonchev–Trinajstić information content (AvgIpc) is 2.72. The molecule has 3 aromatic carbocycles. The van der Waals surface area contributed by atoms with Crippen molar-refractivity contribution in [3.05, 3.63) is 108 Å². The second-order valence-corrected chi connectivity index (χ2v) is 9.49. The van der Waals surface area contributed by atoms with Crippen molar-refractivity contribution >= 4 is 18.5 Å². The van der Waals surface area contributed by atoms with E-state index < -0.39 is 7.60 Å². The topological polar surface area (TPSA) is 35.5 Å². The number of benzene rings is 3. The fraction of sp³-hybridized carbons (Fsp3) is 0.231. The lowest BCUT2D eigenvalue weighted by atomic mass is 9.95. The molecule has 0 heterocycles. The molecule has 156 valence electrons. The van der Waals surface area contributed by atoms with E-state index in [1.54, 1.807) is 0 Å². The van der Waals surface area contributed by atoms with Gasteiger partial charge >= 0.3 is 7.60 Å². The molecular weight excluding hydrogens is 391 g/mol. The van der Waals surface area contributed by atoms with E-state index in [-0.39, 0.29) is 12.2 Å². The fourth-order valence-electron chi connectivity index (χ4n) is 3.37. The summed E-state index contributed by atoms with van der Waals surface area (Å²) in [5.74, 6) is 0. The fourth-order valence-corrected chi connectivity index (χ4v) is 5.74. The van der Waals surface area contributed by atoms with E-state index >= 15 is 0 Å². The highest BCUT2D eigenvalue weighted by Crippen LogP contribution is 2.64. The van der Waals surface area contributed by atoms with Crippen molar-refractivity contribution in [2.45, 2.75) is 39.9 Å². The Labute approximate surface area is 179 Å². The van der Waals surface area contributed by atoms with E-state index in [9.17, 15) is 4.57 Å². The van der Waals surface area contributed by atoms with Crippen LogP contribution in [0.3, 0.4) is 0 Å². The first-order valence-electron chi connectivity index (χ1n) is 10.3. The summed E-state index contributed by atoms with van der Waals surface area (Å²) in [6, 6.07) is 29.8. The summed E-state index contributed by atoms with van der Waals surface area (Å²) in [5, 5.41) is 0.586. The summed E-state index contributed by atoms with van der Waals surface area (Å²) in [4.78, 5) is 0. The van der Waals surface area contributed by atoms with Crippen molar-refractivity contribution in [3.8, 4) is 0 Å². The number of hydrogen-bond donors (Lipinski definition) is 0. The molecule has 0 fully saturated rings. The summed E-state index contributed by atoms with van der Waals surface area (Å²) < 4.78 is 26.5. The smallest absolute Gasteiger partial charge is 0.302 e. The molecule has 0 aromatic heterocycles. The third-order valence-electron chi connectivity index (χ3n) is 4.38. The van der Waals surface area contributed by atoms with Gasteiger partial charge in [0.25, 0.3) is 0 Å². The van der Waals surface area contributed by atoms with Gasteiger partial charge in [-0.05, 0) is 44.4 Å². The first-order valence-corrected chi connectivity index (χ1v) is 11.8. The Morgan fingerprint density at radius 1 is 0.600 bits per heavy atom. The van der Waals surface area contributed by atoms with Crippen LogP contribution in [0, 0.1) is 0 Å². The maximum absolute atomic E-state index is 14.4. The minimum atomic E-state index is -3.67. The molecule has 0 N–H and O–H groups in total. The average molecular weight is 420 g/mol. The predicted molar refractivity (Wildman–Crippen MR) is 125 cm³/mol. The van der Waals surface area contributed by atoms with E-state index in [0.717, 1.165) is 22.3 Å². The van der Waals surface area contributed by atoms with Gasteiger partial charge in [0.1, 0.15) is 0 Å². The zero-order valence-corrected chi connectivity index (χ0v) is 18.9. The van der Waals surface area contributed by atoms with Gasteiger partial charge in [0.2, 0.25) is 0 Å². The summed E-state index contributed by atoms with van der Waals surface area (Å²) >= 11 is 0. The Kier molecular flexibility index (Phi) is 7.44. The van der Waals surface area contributed by atoms with Crippen LogP contribution in [-0.2, 0) is 13.6 Å². The van der Waals surface area contributed by atoms with Crippen LogP contribution in [0.15, 0.2) is 91.0 Å². The second-order valence-electron chi connectivity index (χ2n) is 7.63. The van der Waals surface area contributed by atoms with Gasteiger partial charge in [-0.15, -0.1) is 0 Å². The van der Waals surface area contributed by atoms with Crippen molar-refractivity contribution in [1.29, 1.82) is 0 Å². The van der Waals surface area contributed by atoms with Crippen molar-refractivity contribution in [2.24, 2.45) is 0 Å². The van der Waals surface area contributed by atoms with Gasteiger partial charge in [-0.2, -0.15) is 0 Å². The Morgan fingerprint density at radius 3 is 1.27 bits per heavy atom. The maximum Gasteiger partial charge on any atom is 0.363 e. The van der Waals surface area contributed by atoms with Gasteiger partial charge in [-0.25, -0.2) is 0 Å². The Balaban J connectivity index is 2.43. The monoisotopic (exact) mass is 420 g/mol. The molecule has 3 rings (SSSR count). The Morgan fingerprint density at radius 2 is 0.933 bits per heavy atom. The van der Waals surface area contributed by atoms with Crippen LogP contribution in [0.25, 0.3) is 10.9 Å². The first-order chi connectivity index (χ1) is 14.4. The molecule has 0 aliphatic carbocycles. The zero-order valence-electron chi connectivity index (χ0n) is 18.0. The molecule has 0 radical (unpaired) electrons. The van der Waals surface area contributed by atoms with E-state index in [4.69, 9.17) is 9.05 Å². The van der Waals surface area contributed by atoms with Gasteiger partial charge in [0, 0.05) is 5.57 Å². The minimum Gasteiger partial charge on any atom is -0.302 e. The third-order valence-corrected chi connectivity index (χ3v) is 6.81. The van der Waals surface area contributed by atoms with Gasteiger partial charge in [0.15, 0.2) is 0 Å². The summed E-state index contributed by atoms with van der Waals surface area (Å²) in [5.41, 5.74) is 3.60. The highest BCUT2D eigenvalue weighted by Gasteiger charge is 2.37. The predicted octanol–water partition coefficient (Wildman–Crippen LogP) is 7.65. The lowest BCUT2D eigenvalue weighted by molar-refractivity contribution is 0.151. The lowest BCUT2D eigenvalue weighted by Gasteiger charge is -2.28. The molecule has 3 nitrogen and oxygen atoms in total. The standard InChI is InChI=1S/C26H29O3P/c1-20(2)28-30(27,29-21(3)4)26(24-18-12-7-13-19-24)25(22-14-8-5-9-15-22)23-16-10-6-11-17-23/h5-21H,1-4H3. The molecule has 0 amide bonds. The molecule has 0 aliphatic rings. The molecule has 0 bridgehead atoms. The van der Waals surface area contributed by atoms with Crippen LogP contribution in [0.4, 0.5) is 0 Å². The van der Waals surface area contributed by atoms with Crippen molar-refractivity contribution in [2.75, 3.05) is 0 Å².